The smallest absolute Gasteiger partial charge is 0.246 e. The molecule has 48 nitrogen and oxygen atoms in total. The number of nitrogens with one attached hydrogen (secondary N) is 14. The number of primary amides is 6. The fourth-order valence-corrected chi connectivity index (χ4v) is 19.2. The van der Waals surface area contributed by atoms with Gasteiger partial charge in [0.2, 0.25) is 130 Å². The number of amides is 22. The van der Waals surface area contributed by atoms with Crippen LogP contribution < -0.4 is 120 Å². The summed E-state index contributed by atoms with van der Waals surface area (Å²) in [7, 11) is 3.31. The minimum absolute atomic E-state index is 0.00372. The highest BCUT2D eigenvalue weighted by Gasteiger charge is 2.45. The second kappa shape index (κ2) is 57.8. The van der Waals surface area contributed by atoms with E-state index in [-0.39, 0.29) is 112 Å². The number of benzene rings is 2. The molecule has 0 spiro atoms. The predicted octanol–water partition coefficient (Wildman–Crippen LogP) is -7.22. The number of phenolic OH excluding ortho intramolecular Hbond substituents is 2. The summed E-state index contributed by atoms with van der Waals surface area (Å²) in [5.41, 5.74) is 47.0. The molecule has 0 radical (unpaired) electrons. The molecule has 3 heterocycles. The van der Waals surface area contributed by atoms with Crippen LogP contribution in [0.2, 0.25) is 0 Å². The number of nitrogens with zero attached hydrogens (tertiary/aromatic N) is 2. The van der Waals surface area contributed by atoms with Crippen molar-refractivity contribution < 1.29 is 116 Å². The summed E-state index contributed by atoms with van der Waals surface area (Å²) in [5, 5.41) is 55.7. The third-order valence-corrected chi connectivity index (χ3v) is 27.5. The highest BCUT2D eigenvalue weighted by atomic mass is 33.1. The fraction of sp³-hybridized carbons (Fsp3) is 0.605. The molecule has 3 aliphatic rings. The highest BCUT2D eigenvalue weighted by Crippen LogP contribution is 2.29. The molecule has 3 unspecified atom stereocenters. The van der Waals surface area contributed by atoms with Gasteiger partial charge < -0.3 is 140 Å². The van der Waals surface area contributed by atoms with Gasteiger partial charge in [-0.25, -0.2) is 0 Å². The number of hydrogen-bond acceptors (Lipinski definition) is 30. The fourth-order valence-electron chi connectivity index (χ4n) is 14.7. The van der Waals surface area contributed by atoms with E-state index in [2.05, 4.69) is 74.4 Å². The highest BCUT2D eigenvalue weighted by molar-refractivity contribution is 8.77. The quantitative estimate of drug-likeness (QED) is 0.0290. The van der Waals surface area contributed by atoms with E-state index in [0.29, 0.717) is 11.1 Å². The van der Waals surface area contributed by atoms with E-state index in [1.807, 2.05) is 0 Å². The number of aromatic hydroxyl groups is 2. The molecule has 52 heteroatoms. The average molecular weight is 2010 g/mol. The van der Waals surface area contributed by atoms with E-state index < -0.39 is 302 Å². The largest absolute Gasteiger partial charge is 0.508 e. The number of hydrogen-bond donors (Lipinski definition) is 24. The summed E-state index contributed by atoms with van der Waals surface area (Å²) < 4.78 is 0. The van der Waals surface area contributed by atoms with Crippen LogP contribution >= 0.6 is 43.2 Å². The van der Waals surface area contributed by atoms with Gasteiger partial charge in [0.05, 0.1) is 38.0 Å². The minimum atomic E-state index is -2.04. The van der Waals surface area contributed by atoms with Crippen molar-refractivity contribution in [1.29, 1.82) is 0 Å². The summed E-state index contributed by atoms with van der Waals surface area (Å²) in [5.74, 6) is -26.9. The molecule has 2 aromatic carbocycles. The first-order valence-electron chi connectivity index (χ1n) is 45.1. The molecule has 3 aliphatic heterocycles. The summed E-state index contributed by atoms with van der Waals surface area (Å²) in [6, 6.07) is -15.4. The molecule has 22 amide bonds. The van der Waals surface area contributed by atoms with Gasteiger partial charge >= 0.3 is 0 Å². The van der Waals surface area contributed by atoms with Crippen LogP contribution in [0.4, 0.5) is 0 Å². The summed E-state index contributed by atoms with van der Waals surface area (Å²) in [6.07, 6.45) is -4.51. The number of nitrogens with two attached hydrogens (primary N) is 8. The Bertz CT molecular complexity index is 4380. The second-order valence-corrected chi connectivity index (χ2v) is 39.9. The molecule has 2 aromatic rings. The first-order chi connectivity index (χ1) is 65.0. The lowest BCUT2D eigenvalue weighted by molar-refractivity contribution is -0.142. The molecule has 0 saturated carbocycles. The third-order valence-electron chi connectivity index (χ3n) is 22.6. The molecule has 3 fully saturated rings. The molecule has 0 bridgehead atoms. The Labute approximate surface area is 813 Å². The van der Waals surface area contributed by atoms with E-state index in [9.17, 15) is 106 Å². The number of carbonyl (C=O) groups is 22. The van der Waals surface area contributed by atoms with Crippen LogP contribution in [0.1, 0.15) is 156 Å². The zero-order chi connectivity index (χ0) is 103. The van der Waals surface area contributed by atoms with Crippen LogP contribution in [0.25, 0.3) is 0 Å². The molecule has 3 saturated heterocycles. The molecule has 138 heavy (non-hydrogen) atoms. The Hall–Kier alpha value is -12.3. The summed E-state index contributed by atoms with van der Waals surface area (Å²) in [4.78, 5) is 311. The van der Waals surface area contributed by atoms with Crippen LogP contribution in [0, 0.1) is 23.7 Å². The van der Waals surface area contributed by atoms with Gasteiger partial charge in [-0.1, -0.05) is 136 Å². The van der Waals surface area contributed by atoms with Gasteiger partial charge in [0.15, 0.2) is 0 Å². The molecule has 5 rings (SSSR count). The Kier molecular flexibility index (Phi) is 48.7. The van der Waals surface area contributed by atoms with E-state index in [4.69, 9.17) is 45.9 Å². The van der Waals surface area contributed by atoms with Crippen molar-refractivity contribution >= 4 is 173 Å². The molecular formula is C86H132N24O24S4. The predicted molar refractivity (Wildman–Crippen MR) is 509 cm³/mol. The SMILES string of the molecule is CC[C@H](C)[C@@H]1NC(=O)C(Cc2ccc(O)cc2)NC(=O)[C@@H](N)CSSC[C@@H](C(=O)N2CCC[C@H]2C(=O)N[C@@H](CC(C)C)C(=O)NCC(N)=O)NC(=O)[C@H](CC(N)=O)NC(=O)[C@H](CCC(N)=O)NC(=O)[C@H]([C@@H](C)CC)NC(=O)[C@H](Cc2ccc(O)cc2)NC(=O)[C@@H](N)CSSCC(C(=O)N2CCC[C@H]2C(=O)N[C@@H](CC(C)C)C(=O)NCC(N)=O)NC(=O)[C@H](CC(N)=O)NC(=O)C(CCC(N)=O)NC1=O. The maximum atomic E-state index is 15.2. The van der Waals surface area contributed by atoms with Crippen molar-refractivity contribution in [3.8, 4) is 11.5 Å². The van der Waals surface area contributed by atoms with Gasteiger partial charge in [-0.3, -0.25) is 105 Å². The van der Waals surface area contributed by atoms with Crippen LogP contribution in [-0.4, -0.2) is 296 Å². The standard InChI is InChI=1S/C86H132N24O24S4/c1-9-43(7)69-83(131)97-51(23-25-63(89)113)75(123)101-57(33-65(91)115)77(125)105-59(85(133)109-27-11-13-61(109)81(129)103-53(29-41(3)4)73(121)95-35-67(93)117)39-138-136-38-50(88)72(120)100-56(32-46-17-21-48(112)22-18-46)80(128)108-70(44(8)10-2)84(132)98-52(24-26-64(90)114)76(124)102-58(34-66(92)116)78(126)106-60(40-137-135-37-49(87)71(119)99-55(79(127)107-69)31-45-15-19-47(111)20-16-45)86(134)110-28-12-14-62(110)82(130)104-54(30-42(5)6)74(122)96-36-68(94)118/h15-22,41-44,49-62,69-70,111-112H,9-14,23-40,87-88H2,1-8H3,(H2,89,113)(H2,90,114)(H2,91,115)(H2,92,116)(H2,93,117)(H2,94,118)(H,95,121)(H,96,122)(H,97,131)(H,98,132)(H,99,119)(H,100,120)(H,101,123)(H,102,124)(H,103,129)(H,104,130)(H,105,125)(H,106,126)(H,107,127)(H,108,128)/t43-,44-,49-,50-,51-,52?,53-,54-,55-,56?,57-,58-,59-,60?,61-,62-,69-,70-/m0/s1. The van der Waals surface area contributed by atoms with E-state index in [0.717, 1.165) is 53.0 Å². The van der Waals surface area contributed by atoms with Crippen molar-refractivity contribution in [3.05, 3.63) is 59.7 Å². The summed E-state index contributed by atoms with van der Waals surface area (Å²) >= 11 is 0. The molecule has 0 aliphatic carbocycles. The van der Waals surface area contributed by atoms with Crippen LogP contribution in [-0.2, 0) is 118 Å². The maximum Gasteiger partial charge on any atom is 0.246 e. The van der Waals surface area contributed by atoms with Gasteiger partial charge in [0, 0.05) is 61.8 Å². The van der Waals surface area contributed by atoms with Gasteiger partial charge in [-0.05, 0) is 110 Å². The van der Waals surface area contributed by atoms with Crippen molar-refractivity contribution in [2.24, 2.45) is 69.5 Å². The van der Waals surface area contributed by atoms with Crippen molar-refractivity contribution in [1.82, 2.24) is 84.2 Å². The number of rotatable bonds is 34. The lowest BCUT2D eigenvalue weighted by atomic mass is 9.96. The van der Waals surface area contributed by atoms with E-state index >= 15 is 9.59 Å². The Morgan fingerprint density at radius 3 is 1.00 bits per heavy atom. The maximum absolute atomic E-state index is 15.2. The van der Waals surface area contributed by atoms with Crippen LogP contribution in [0.5, 0.6) is 11.5 Å². The molecule has 764 valence electrons. The van der Waals surface area contributed by atoms with Crippen molar-refractivity contribution in [2.75, 3.05) is 49.2 Å². The van der Waals surface area contributed by atoms with Crippen molar-refractivity contribution in [3.63, 3.8) is 0 Å². The topological polar surface area (TPSA) is 799 Å². The van der Waals surface area contributed by atoms with Gasteiger partial charge in [0.1, 0.15) is 96.1 Å². The zero-order valence-corrected chi connectivity index (χ0v) is 81.4. The van der Waals surface area contributed by atoms with E-state index in [1.165, 1.54) is 62.4 Å². The molecular weight excluding hydrogens is 1880 g/mol. The summed E-state index contributed by atoms with van der Waals surface area (Å²) in [6.45, 7) is 11.9. The normalized spacial score (nSPS) is 24.3. The van der Waals surface area contributed by atoms with E-state index in [1.54, 1.807) is 41.5 Å². The third kappa shape index (κ3) is 39.3. The van der Waals surface area contributed by atoms with Crippen molar-refractivity contribution in [2.45, 2.75) is 255 Å². The number of likely N-dealkylation sites (tertiary alicyclic amines) is 2. The van der Waals surface area contributed by atoms with Crippen LogP contribution in [0.3, 0.4) is 0 Å². The lowest BCUT2D eigenvalue weighted by Crippen LogP contribution is -2.61. The first-order valence-corrected chi connectivity index (χ1v) is 50.1. The van der Waals surface area contributed by atoms with Crippen LogP contribution in [0.15, 0.2) is 48.5 Å². The van der Waals surface area contributed by atoms with Gasteiger partial charge in [0.25, 0.3) is 0 Å². The first kappa shape index (κ1) is 116. The number of carbonyl (C=O) groups excluding carboxylic acids is 22. The average Bonchev–Trinajstić information content (AvgIpc) is 1.68. The zero-order valence-electron chi connectivity index (χ0n) is 78.2. The minimum Gasteiger partial charge on any atom is -0.508 e. The molecule has 32 N–H and O–H groups in total. The Morgan fingerprint density at radius 1 is 0.391 bits per heavy atom. The second-order valence-electron chi connectivity index (χ2n) is 34.8. The lowest BCUT2D eigenvalue weighted by Gasteiger charge is -2.31. The molecule has 18 atom stereocenters. The van der Waals surface area contributed by atoms with Gasteiger partial charge in [-0.15, -0.1) is 0 Å². The Balaban J connectivity index is 1.68. The monoisotopic (exact) mass is 2010 g/mol. The molecule has 0 aromatic heterocycles. The number of phenols is 2. The van der Waals surface area contributed by atoms with Gasteiger partial charge in [-0.2, -0.15) is 0 Å². The Morgan fingerprint density at radius 2 is 0.696 bits per heavy atom.